The van der Waals surface area contributed by atoms with Crippen LogP contribution < -0.4 is 21.1 Å². The second-order valence-electron chi connectivity index (χ2n) is 10.7. The lowest BCUT2D eigenvalue weighted by Crippen LogP contribution is -2.52. The van der Waals surface area contributed by atoms with Gasteiger partial charge in [-0.2, -0.15) is 5.10 Å². The highest BCUT2D eigenvalue weighted by Crippen LogP contribution is 2.43. The fourth-order valence-electron chi connectivity index (χ4n) is 5.05. The number of carbonyl (C=O) groups excluding carboxylic acids is 3. The van der Waals surface area contributed by atoms with E-state index in [0.717, 1.165) is 32.1 Å². The molecule has 0 aromatic carbocycles. The lowest BCUT2D eigenvalue weighted by atomic mass is 9.64. The molecule has 2 aliphatic carbocycles. The fourth-order valence-corrected chi connectivity index (χ4v) is 5.05. The number of hydrogen-bond donors (Lipinski definition) is 3. The topological polar surface area (TPSA) is 138 Å². The Morgan fingerprint density at radius 1 is 1.26 bits per heavy atom. The van der Waals surface area contributed by atoms with Crippen molar-refractivity contribution in [2.45, 2.75) is 71.4 Å². The highest BCUT2D eigenvalue weighted by Gasteiger charge is 2.43. The van der Waals surface area contributed by atoms with Crippen LogP contribution in [-0.4, -0.2) is 53.0 Å². The molecule has 0 aliphatic heterocycles. The molecule has 3 rings (SSSR count). The lowest BCUT2D eigenvalue weighted by molar-refractivity contribution is -0.124. The van der Waals surface area contributed by atoms with Crippen molar-refractivity contribution in [3.05, 3.63) is 17.8 Å². The summed E-state index contributed by atoms with van der Waals surface area (Å²) in [7, 11) is 1.31. The van der Waals surface area contributed by atoms with Crippen LogP contribution in [0.4, 0.5) is 4.79 Å². The van der Waals surface area contributed by atoms with E-state index in [1.807, 2.05) is 27.7 Å². The van der Waals surface area contributed by atoms with Gasteiger partial charge in [-0.25, -0.2) is 9.48 Å². The van der Waals surface area contributed by atoms with E-state index < -0.39 is 11.6 Å². The summed E-state index contributed by atoms with van der Waals surface area (Å²) < 4.78 is 12.2. The Morgan fingerprint density at radius 2 is 1.91 bits per heavy atom. The molecule has 0 saturated heterocycles. The van der Waals surface area contributed by atoms with E-state index in [9.17, 15) is 14.4 Å². The quantitative estimate of drug-likeness (QED) is 0.488. The Labute approximate surface area is 207 Å². The van der Waals surface area contributed by atoms with Crippen molar-refractivity contribution in [3.8, 4) is 5.88 Å². The van der Waals surface area contributed by atoms with Crippen LogP contribution in [0.3, 0.4) is 0 Å². The number of fused-ring (bicyclic) bond motifs is 2. The van der Waals surface area contributed by atoms with E-state index in [0.29, 0.717) is 18.1 Å². The predicted octanol–water partition coefficient (Wildman–Crippen LogP) is 2.93. The molecule has 1 aromatic rings. The molecule has 2 bridgehead atoms. The van der Waals surface area contributed by atoms with Crippen LogP contribution in [0.1, 0.15) is 70.2 Å². The number of ether oxygens (including phenoxy) is 2. The van der Waals surface area contributed by atoms with E-state index in [1.54, 1.807) is 12.3 Å². The number of methoxy groups -OCH3 is 1. The van der Waals surface area contributed by atoms with Crippen molar-refractivity contribution < 1.29 is 23.9 Å². The molecule has 4 N–H and O–H groups in total. The van der Waals surface area contributed by atoms with Gasteiger partial charge in [-0.3, -0.25) is 9.59 Å². The molecule has 1 aromatic heterocycles. The second-order valence-corrected chi connectivity index (χ2v) is 10.7. The van der Waals surface area contributed by atoms with Crippen LogP contribution >= 0.6 is 0 Å². The van der Waals surface area contributed by atoms with Crippen molar-refractivity contribution in [1.29, 1.82) is 0 Å². The first-order valence-electron chi connectivity index (χ1n) is 12.4. The zero-order valence-corrected chi connectivity index (χ0v) is 21.4. The summed E-state index contributed by atoms with van der Waals surface area (Å²) in [5.74, 6) is 0.478. The molecule has 2 atom stereocenters. The molecule has 2 fully saturated rings. The Balaban J connectivity index is 1.80. The molecular formula is C25H39N5O5. The molecule has 10 nitrogen and oxygen atoms in total. The minimum atomic E-state index is -0.715. The first-order chi connectivity index (χ1) is 16.5. The minimum absolute atomic E-state index is 0.00637. The molecule has 2 aliphatic rings. The van der Waals surface area contributed by atoms with Crippen LogP contribution in [0.15, 0.2) is 12.3 Å². The van der Waals surface area contributed by atoms with Gasteiger partial charge in [-0.15, -0.1) is 0 Å². The number of rotatable bonds is 9. The number of nitrogens with one attached hydrogen (secondary N) is 2. The minimum Gasteiger partial charge on any atom is -0.477 e. The largest absolute Gasteiger partial charge is 0.477 e. The molecule has 194 valence electrons. The number of nitrogens with two attached hydrogens (primary N) is 1. The summed E-state index contributed by atoms with van der Waals surface area (Å²) in [6.07, 6.45) is 8.86. The summed E-state index contributed by atoms with van der Waals surface area (Å²) in [5, 5.41) is 10.3. The molecule has 3 amide bonds. The second kappa shape index (κ2) is 11.1. The van der Waals surface area contributed by atoms with Crippen LogP contribution in [0.5, 0.6) is 5.88 Å². The Hall–Kier alpha value is -3.04. The van der Waals surface area contributed by atoms with E-state index in [-0.39, 0.29) is 41.5 Å². The van der Waals surface area contributed by atoms with Gasteiger partial charge in [0.15, 0.2) is 0 Å². The van der Waals surface area contributed by atoms with Crippen LogP contribution in [-0.2, 0) is 9.53 Å². The summed E-state index contributed by atoms with van der Waals surface area (Å²) in [4.78, 5) is 36.8. The standard InChI is InChI=1S/C25H39N5O5/c1-15(2)14-35-23-19(13-27-30(23)10-9-25(3,4)29-24(33)34-5)22(32)28-20-16-7-6-8-17(20)12-18(11-16)21(26)31/h9-10,13,15-18,20H,6-8,11-12,14H2,1-5H3,(H2,26,31)(H,28,32)(H,29,33)/b10-9+. The van der Waals surface area contributed by atoms with Gasteiger partial charge in [0.1, 0.15) is 5.56 Å². The van der Waals surface area contributed by atoms with Crippen molar-refractivity contribution in [2.75, 3.05) is 13.7 Å². The molecule has 1 heterocycles. The maximum absolute atomic E-state index is 13.4. The third kappa shape index (κ3) is 6.76. The molecule has 10 heteroatoms. The average Bonchev–Trinajstić information content (AvgIpc) is 3.18. The van der Waals surface area contributed by atoms with Gasteiger partial charge in [-0.1, -0.05) is 20.3 Å². The molecule has 2 unspecified atom stereocenters. The van der Waals surface area contributed by atoms with Crippen LogP contribution in [0.2, 0.25) is 0 Å². The number of amides is 3. The molecule has 0 spiro atoms. The van der Waals surface area contributed by atoms with E-state index in [2.05, 4.69) is 20.5 Å². The van der Waals surface area contributed by atoms with Gasteiger partial charge in [-0.05, 0) is 63.4 Å². The third-order valence-corrected chi connectivity index (χ3v) is 6.83. The lowest BCUT2D eigenvalue weighted by Gasteiger charge is -2.45. The third-order valence-electron chi connectivity index (χ3n) is 6.83. The number of carbonyl (C=O) groups is 3. The maximum atomic E-state index is 13.4. The molecular weight excluding hydrogens is 450 g/mol. The monoisotopic (exact) mass is 489 g/mol. The zero-order chi connectivity index (χ0) is 25.8. The van der Waals surface area contributed by atoms with Crippen molar-refractivity contribution >= 4 is 24.1 Å². The molecule has 0 radical (unpaired) electrons. The van der Waals surface area contributed by atoms with Gasteiger partial charge in [0.25, 0.3) is 5.91 Å². The highest BCUT2D eigenvalue weighted by molar-refractivity contribution is 5.96. The van der Waals surface area contributed by atoms with Crippen molar-refractivity contribution in [2.24, 2.45) is 29.4 Å². The van der Waals surface area contributed by atoms with Gasteiger partial charge >= 0.3 is 6.09 Å². The molecule has 35 heavy (non-hydrogen) atoms. The number of primary amides is 1. The highest BCUT2D eigenvalue weighted by atomic mass is 16.5. The Bertz CT molecular complexity index is 940. The van der Waals surface area contributed by atoms with Gasteiger partial charge in [0.05, 0.1) is 25.5 Å². The SMILES string of the molecule is COC(=O)NC(C)(C)/C=C/n1ncc(C(=O)NC2C3CCCC2CC(C(N)=O)C3)c1OCC(C)C. The normalized spacial score (nSPS) is 24.3. The summed E-state index contributed by atoms with van der Waals surface area (Å²) in [6.45, 7) is 8.09. The zero-order valence-electron chi connectivity index (χ0n) is 21.4. The van der Waals surface area contributed by atoms with E-state index >= 15 is 0 Å². The number of nitrogens with zero attached hydrogens (tertiary/aromatic N) is 2. The number of hydrogen-bond acceptors (Lipinski definition) is 6. The fraction of sp³-hybridized carbons (Fsp3) is 0.680. The van der Waals surface area contributed by atoms with E-state index in [1.165, 1.54) is 18.0 Å². The smallest absolute Gasteiger partial charge is 0.407 e. The van der Waals surface area contributed by atoms with Crippen LogP contribution in [0, 0.1) is 23.7 Å². The maximum Gasteiger partial charge on any atom is 0.407 e. The number of aromatic nitrogens is 2. The number of alkyl carbamates (subject to hydrolysis) is 1. The molecule has 2 saturated carbocycles. The first kappa shape index (κ1) is 26.6. The average molecular weight is 490 g/mol. The van der Waals surface area contributed by atoms with Gasteiger partial charge in [0.2, 0.25) is 11.8 Å². The first-order valence-corrected chi connectivity index (χ1v) is 12.4. The summed E-state index contributed by atoms with van der Waals surface area (Å²) in [5.41, 5.74) is 5.23. The summed E-state index contributed by atoms with van der Waals surface area (Å²) >= 11 is 0. The Kier molecular flexibility index (Phi) is 8.45. The Morgan fingerprint density at radius 3 is 2.49 bits per heavy atom. The van der Waals surface area contributed by atoms with Crippen molar-refractivity contribution in [1.82, 2.24) is 20.4 Å². The summed E-state index contributed by atoms with van der Waals surface area (Å²) in [6, 6.07) is 0.00637. The van der Waals surface area contributed by atoms with Gasteiger partial charge in [0, 0.05) is 18.2 Å². The van der Waals surface area contributed by atoms with E-state index in [4.69, 9.17) is 10.5 Å². The van der Waals surface area contributed by atoms with Crippen LogP contribution in [0.25, 0.3) is 6.20 Å². The predicted molar refractivity (Wildman–Crippen MR) is 132 cm³/mol. The van der Waals surface area contributed by atoms with Gasteiger partial charge < -0.3 is 25.8 Å². The van der Waals surface area contributed by atoms with Crippen molar-refractivity contribution in [3.63, 3.8) is 0 Å².